The van der Waals surface area contributed by atoms with E-state index in [1.807, 2.05) is 20.2 Å². The number of rotatable bonds is 8. The Morgan fingerprint density at radius 2 is 1.76 bits per heavy atom. The smallest absolute Gasteiger partial charge is 0.187 e. The van der Waals surface area contributed by atoms with Gasteiger partial charge in [-0.2, -0.15) is 0 Å². The van der Waals surface area contributed by atoms with E-state index < -0.39 is 0 Å². The Hall–Kier alpha value is -1.39. The van der Waals surface area contributed by atoms with E-state index in [0.29, 0.717) is 0 Å². The Morgan fingerprint density at radius 3 is 2.14 bits per heavy atom. The van der Waals surface area contributed by atoms with E-state index in [1.165, 1.54) is 17.0 Å². The fourth-order valence-corrected chi connectivity index (χ4v) is 1.70. The molecule has 0 aliphatic rings. The van der Waals surface area contributed by atoms with Crippen molar-refractivity contribution in [1.29, 1.82) is 0 Å². The van der Waals surface area contributed by atoms with Gasteiger partial charge in [0, 0.05) is 27.9 Å². The minimum absolute atomic E-state index is 0.0499. The summed E-state index contributed by atoms with van der Waals surface area (Å²) in [6, 6.07) is 0. The van der Waals surface area contributed by atoms with Crippen LogP contribution >= 0.6 is 0 Å². The van der Waals surface area contributed by atoms with Crippen LogP contribution in [0, 0.1) is 0 Å². The zero-order valence-electron chi connectivity index (χ0n) is 14.3. The molecule has 120 valence electrons. The van der Waals surface area contributed by atoms with Crippen molar-refractivity contribution >= 4 is 5.71 Å². The lowest BCUT2D eigenvalue weighted by molar-refractivity contribution is -0.450. The third kappa shape index (κ3) is 7.83. The highest BCUT2D eigenvalue weighted by atomic mass is 16.3. The maximum Gasteiger partial charge on any atom is 0.187 e. The van der Waals surface area contributed by atoms with Crippen molar-refractivity contribution < 1.29 is 14.8 Å². The van der Waals surface area contributed by atoms with Crippen molar-refractivity contribution in [2.45, 2.75) is 34.1 Å². The van der Waals surface area contributed by atoms with E-state index in [9.17, 15) is 5.11 Å². The number of aliphatic hydroxyl groups is 2. The zero-order chi connectivity index (χ0) is 16.4. The molecule has 0 saturated heterocycles. The molecule has 0 rings (SSSR count). The van der Waals surface area contributed by atoms with E-state index in [2.05, 4.69) is 43.4 Å². The van der Waals surface area contributed by atoms with Gasteiger partial charge >= 0.3 is 0 Å². The van der Waals surface area contributed by atoms with E-state index >= 15 is 0 Å². The van der Waals surface area contributed by atoms with Gasteiger partial charge in [-0.3, -0.25) is 0 Å². The summed E-state index contributed by atoms with van der Waals surface area (Å²) < 4.78 is 2.21. The summed E-state index contributed by atoms with van der Waals surface area (Å²) >= 11 is 0. The van der Waals surface area contributed by atoms with E-state index in [-0.39, 0.29) is 13.2 Å². The van der Waals surface area contributed by atoms with Crippen LogP contribution in [0.2, 0.25) is 0 Å². The summed E-state index contributed by atoms with van der Waals surface area (Å²) in [7, 11) is 4.05. The normalized spacial score (nSPS) is 13.4. The number of nitrogens with zero attached hydrogens (tertiary/aromatic N) is 2. The average molecular weight is 295 g/mol. The number of allylic oxidation sites excluding steroid dienone is 1. The van der Waals surface area contributed by atoms with Gasteiger partial charge in [0.25, 0.3) is 0 Å². The summed E-state index contributed by atoms with van der Waals surface area (Å²) in [6.07, 6.45) is 6.66. The lowest BCUT2D eigenvalue weighted by Gasteiger charge is -2.12. The molecule has 0 aliphatic heterocycles. The molecule has 0 aromatic rings. The molecule has 21 heavy (non-hydrogen) atoms. The van der Waals surface area contributed by atoms with Crippen LogP contribution in [0.1, 0.15) is 34.1 Å². The molecule has 0 aromatic carbocycles. The molecular formula is C17H31N2O2+. The molecule has 4 heteroatoms. The number of aliphatic hydroxyl groups excluding tert-OH is 2. The Bertz CT molecular complexity index is 440. The number of hydrogen-bond donors (Lipinski definition) is 2. The maximum absolute atomic E-state index is 9.30. The van der Waals surface area contributed by atoms with Crippen LogP contribution in [0.5, 0.6) is 0 Å². The Kier molecular flexibility index (Phi) is 9.67. The van der Waals surface area contributed by atoms with Gasteiger partial charge in [0.05, 0.1) is 18.9 Å². The van der Waals surface area contributed by atoms with Crippen LogP contribution in [-0.4, -0.2) is 59.3 Å². The fraction of sp³-hybridized carbons (Fsp3) is 0.588. The van der Waals surface area contributed by atoms with E-state index in [4.69, 9.17) is 5.11 Å². The molecule has 0 aromatic heterocycles. The van der Waals surface area contributed by atoms with Crippen LogP contribution in [0.25, 0.3) is 0 Å². The van der Waals surface area contributed by atoms with E-state index in [0.717, 1.165) is 18.5 Å². The van der Waals surface area contributed by atoms with Crippen molar-refractivity contribution in [2.24, 2.45) is 0 Å². The van der Waals surface area contributed by atoms with Gasteiger partial charge in [0.2, 0.25) is 0 Å². The van der Waals surface area contributed by atoms with Crippen LogP contribution in [0.3, 0.4) is 0 Å². The van der Waals surface area contributed by atoms with Gasteiger partial charge in [-0.05, 0) is 24.5 Å². The topological polar surface area (TPSA) is 46.7 Å². The predicted octanol–water partition coefficient (Wildman–Crippen LogP) is 2.15. The first-order valence-corrected chi connectivity index (χ1v) is 7.38. The lowest BCUT2D eigenvalue weighted by Crippen LogP contribution is -2.18. The van der Waals surface area contributed by atoms with Crippen molar-refractivity contribution in [3.8, 4) is 0 Å². The van der Waals surface area contributed by atoms with Gasteiger partial charge in [0.1, 0.15) is 0 Å². The fourth-order valence-electron chi connectivity index (χ4n) is 1.70. The molecule has 2 N–H and O–H groups in total. The second kappa shape index (κ2) is 10.4. The lowest BCUT2D eigenvalue weighted by atomic mass is 10.1. The first-order valence-electron chi connectivity index (χ1n) is 7.38. The molecule has 0 bridgehead atoms. The standard InChI is InChI=1S/C17H31N2O2/c1-7-16(10-17(13-21)8-9-20)12-19(14(2)3)11-15(4)18(5)6/h8,10-11,20-21H,7,9,12-13H2,1-6H3/q+1/b15-11-,16-10+,17-8+. The Morgan fingerprint density at radius 1 is 1.14 bits per heavy atom. The maximum atomic E-state index is 9.30. The monoisotopic (exact) mass is 295 g/mol. The quantitative estimate of drug-likeness (QED) is 0.410. The summed E-state index contributed by atoms with van der Waals surface area (Å²) in [4.78, 5) is 2.08. The van der Waals surface area contributed by atoms with Crippen molar-refractivity contribution in [3.63, 3.8) is 0 Å². The average Bonchev–Trinajstić information content (AvgIpc) is 2.44. The zero-order valence-corrected chi connectivity index (χ0v) is 14.3. The van der Waals surface area contributed by atoms with Crippen LogP contribution in [0.15, 0.2) is 35.2 Å². The summed E-state index contributed by atoms with van der Waals surface area (Å²) in [5.74, 6) is 0. The first-order chi connectivity index (χ1) is 9.85. The minimum Gasteiger partial charge on any atom is -0.392 e. The van der Waals surface area contributed by atoms with Crippen LogP contribution in [0.4, 0.5) is 0 Å². The highest BCUT2D eigenvalue weighted by molar-refractivity contribution is 5.74. The second-order valence-corrected chi connectivity index (χ2v) is 5.52. The molecule has 0 aliphatic carbocycles. The minimum atomic E-state index is -0.0502. The SMILES string of the molecule is CC/C(=C\C(=C/CO)CO)C[N+](/C=C(/C)N(C)C)=C(C)C. The molecule has 0 heterocycles. The second-order valence-electron chi connectivity index (χ2n) is 5.52. The third-order valence-electron chi connectivity index (χ3n) is 3.38. The van der Waals surface area contributed by atoms with Gasteiger partial charge in [-0.25, -0.2) is 4.58 Å². The van der Waals surface area contributed by atoms with Crippen LogP contribution in [-0.2, 0) is 0 Å². The molecule has 4 nitrogen and oxygen atoms in total. The Balaban J connectivity index is 5.34. The van der Waals surface area contributed by atoms with Crippen molar-refractivity contribution in [3.05, 3.63) is 35.2 Å². The van der Waals surface area contributed by atoms with Crippen molar-refractivity contribution in [2.75, 3.05) is 33.9 Å². The van der Waals surface area contributed by atoms with Gasteiger partial charge in [0.15, 0.2) is 18.5 Å². The predicted molar refractivity (Wildman–Crippen MR) is 89.6 cm³/mol. The molecule has 0 spiro atoms. The molecule has 0 radical (unpaired) electrons. The summed E-state index contributed by atoms with van der Waals surface area (Å²) in [5, 5.41) is 18.3. The highest BCUT2D eigenvalue weighted by Crippen LogP contribution is 2.09. The highest BCUT2D eigenvalue weighted by Gasteiger charge is 2.09. The first kappa shape index (κ1) is 19.6. The summed E-state index contributed by atoms with van der Waals surface area (Å²) in [5.41, 5.74) is 4.37. The molecule has 0 unspecified atom stereocenters. The van der Waals surface area contributed by atoms with Gasteiger partial charge in [-0.1, -0.05) is 19.1 Å². The van der Waals surface area contributed by atoms with E-state index in [1.54, 1.807) is 6.08 Å². The molecule has 0 amide bonds. The van der Waals surface area contributed by atoms with Crippen LogP contribution < -0.4 is 0 Å². The molecular weight excluding hydrogens is 264 g/mol. The molecule has 0 saturated carbocycles. The van der Waals surface area contributed by atoms with Gasteiger partial charge < -0.3 is 15.1 Å². The van der Waals surface area contributed by atoms with Crippen molar-refractivity contribution in [1.82, 2.24) is 4.90 Å². The van der Waals surface area contributed by atoms with Gasteiger partial charge in [-0.15, -0.1) is 0 Å². The summed E-state index contributed by atoms with van der Waals surface area (Å²) in [6.45, 7) is 9.04. The number of hydrogen-bond acceptors (Lipinski definition) is 3. The molecule has 0 atom stereocenters. The largest absolute Gasteiger partial charge is 0.392 e. The molecule has 0 fully saturated rings. The third-order valence-corrected chi connectivity index (χ3v) is 3.38. The Labute approximate surface area is 129 Å².